The number of carbonyl (C=O) groups is 2. The molecule has 0 aliphatic carbocycles. The van der Waals surface area contributed by atoms with E-state index in [1.807, 2.05) is 0 Å². The summed E-state index contributed by atoms with van der Waals surface area (Å²) in [5.74, 6) is -0.922. The second kappa shape index (κ2) is 7.24. The van der Waals surface area contributed by atoms with Gasteiger partial charge in [-0.05, 0) is 12.1 Å². The molecule has 6 nitrogen and oxygen atoms in total. The zero-order valence-corrected chi connectivity index (χ0v) is 13.4. The number of hydrogen-bond donors (Lipinski definition) is 3. The van der Waals surface area contributed by atoms with E-state index in [-0.39, 0.29) is 0 Å². The van der Waals surface area contributed by atoms with E-state index in [9.17, 15) is 9.59 Å². The summed E-state index contributed by atoms with van der Waals surface area (Å²) in [7, 11) is -2.62. The highest BCUT2D eigenvalue weighted by molar-refractivity contribution is 8.03. The molecule has 0 aromatic heterocycles. The maximum absolute atomic E-state index is 11.8. The van der Waals surface area contributed by atoms with Crippen LogP contribution in [-0.4, -0.2) is 33.9 Å². The van der Waals surface area contributed by atoms with Gasteiger partial charge in [0.2, 0.25) is 0 Å². The maximum atomic E-state index is 11.8. The Balaban J connectivity index is 0.000000444. The molecule has 0 saturated heterocycles. The van der Waals surface area contributed by atoms with Crippen molar-refractivity contribution < 1.29 is 24.3 Å². The normalized spacial score (nSPS) is 14.2. The molecule has 0 bridgehead atoms. The van der Waals surface area contributed by atoms with E-state index in [4.69, 9.17) is 49.5 Å². The van der Waals surface area contributed by atoms with Crippen LogP contribution in [0.3, 0.4) is 0 Å². The standard InChI is InChI=1S/C9H4Cl3NO2S.H3O3P/c10-9(11,12)16-13-7(14)5-3-1-2-4-6(5)8(13)15;1-4(2)3/h1-4H;1-3H. The van der Waals surface area contributed by atoms with Crippen LogP contribution in [0.4, 0.5) is 0 Å². The Morgan fingerprint density at radius 1 is 1.00 bits per heavy atom. The molecule has 1 aliphatic rings. The maximum Gasteiger partial charge on any atom is 0.324 e. The van der Waals surface area contributed by atoms with Crippen LogP contribution in [0.15, 0.2) is 24.3 Å². The lowest BCUT2D eigenvalue weighted by Crippen LogP contribution is -2.25. The smallest absolute Gasteiger partial charge is 0.324 e. The highest BCUT2D eigenvalue weighted by Crippen LogP contribution is 2.43. The molecule has 2 rings (SSSR count). The quantitative estimate of drug-likeness (QED) is 0.300. The Hall–Kier alpha value is -0.110. The molecule has 0 spiro atoms. The van der Waals surface area contributed by atoms with Crippen LogP contribution in [-0.2, 0) is 0 Å². The van der Waals surface area contributed by atoms with Gasteiger partial charge in [-0.3, -0.25) is 9.59 Å². The summed E-state index contributed by atoms with van der Waals surface area (Å²) in [4.78, 5) is 45.3. The number of nitrogens with zero attached hydrogens (tertiary/aromatic N) is 1. The third-order valence-electron chi connectivity index (χ3n) is 1.95. The molecule has 3 N–H and O–H groups in total. The van der Waals surface area contributed by atoms with E-state index in [2.05, 4.69) is 0 Å². The van der Waals surface area contributed by atoms with Crippen LogP contribution in [0.2, 0.25) is 0 Å². The lowest BCUT2D eigenvalue weighted by Gasteiger charge is -2.17. The van der Waals surface area contributed by atoms with Crippen molar-refractivity contribution in [2.45, 2.75) is 3.12 Å². The minimum absolute atomic E-state index is 0.328. The van der Waals surface area contributed by atoms with Crippen molar-refractivity contribution in [1.29, 1.82) is 0 Å². The number of hydrogen-bond acceptors (Lipinski definition) is 6. The molecule has 1 aromatic rings. The van der Waals surface area contributed by atoms with Crippen molar-refractivity contribution in [1.82, 2.24) is 4.31 Å². The number of amides is 2. The minimum Gasteiger partial charge on any atom is -0.328 e. The first kappa shape index (κ1) is 17.9. The van der Waals surface area contributed by atoms with E-state index in [1.165, 1.54) is 0 Å². The summed E-state index contributed by atoms with van der Waals surface area (Å²) < 4.78 is -0.884. The van der Waals surface area contributed by atoms with Gasteiger partial charge in [-0.1, -0.05) is 46.9 Å². The van der Waals surface area contributed by atoms with Gasteiger partial charge in [0.05, 0.1) is 11.1 Å². The van der Waals surface area contributed by atoms with Crippen molar-refractivity contribution in [3.8, 4) is 0 Å². The van der Waals surface area contributed by atoms with Crippen LogP contribution in [0, 0.1) is 0 Å². The Bertz CT molecular complexity index is 487. The molecular formula is C9H7Cl3NO5PS. The zero-order valence-electron chi connectivity index (χ0n) is 9.40. The van der Waals surface area contributed by atoms with Gasteiger partial charge < -0.3 is 14.7 Å². The average Bonchev–Trinajstić information content (AvgIpc) is 2.53. The first-order valence-corrected chi connectivity index (χ1v) is 7.84. The first-order chi connectivity index (χ1) is 9.13. The predicted molar refractivity (Wildman–Crippen MR) is 78.4 cm³/mol. The molecule has 1 aromatic carbocycles. The SMILES string of the molecule is O=C1c2ccccc2C(=O)N1SC(Cl)(Cl)Cl.OP(O)O. The largest absolute Gasteiger partial charge is 0.328 e. The molecule has 1 heterocycles. The number of halogens is 3. The zero-order chi connectivity index (χ0) is 15.5. The molecule has 1 aliphatic heterocycles. The highest BCUT2D eigenvalue weighted by Gasteiger charge is 2.40. The van der Waals surface area contributed by atoms with Gasteiger partial charge in [-0.25, -0.2) is 4.31 Å². The van der Waals surface area contributed by atoms with Gasteiger partial charge in [0.1, 0.15) is 0 Å². The van der Waals surface area contributed by atoms with Gasteiger partial charge in [-0.2, -0.15) is 0 Å². The molecule has 0 fully saturated rings. The van der Waals surface area contributed by atoms with E-state index in [0.29, 0.717) is 23.1 Å². The van der Waals surface area contributed by atoms with Crippen molar-refractivity contribution in [2.24, 2.45) is 0 Å². The van der Waals surface area contributed by atoms with Gasteiger partial charge in [0, 0.05) is 11.9 Å². The Morgan fingerprint density at radius 3 is 1.65 bits per heavy atom. The number of fused-ring (bicyclic) bond motifs is 1. The molecule has 0 atom stereocenters. The number of imide groups is 1. The van der Waals surface area contributed by atoms with Crippen LogP contribution in [0.5, 0.6) is 0 Å². The van der Waals surface area contributed by atoms with E-state index < -0.39 is 23.5 Å². The second-order valence-corrected chi connectivity index (χ2v) is 7.91. The third-order valence-corrected chi connectivity index (χ3v) is 3.29. The fraction of sp³-hybridized carbons (Fsp3) is 0.111. The number of rotatable bonds is 1. The summed E-state index contributed by atoms with van der Waals surface area (Å²) in [5, 5.41) is 0. The topological polar surface area (TPSA) is 98.1 Å². The lowest BCUT2D eigenvalue weighted by molar-refractivity contribution is 0.0777. The Labute approximate surface area is 134 Å². The van der Waals surface area contributed by atoms with Crippen LogP contribution < -0.4 is 0 Å². The number of benzene rings is 1. The minimum atomic E-state index is -2.62. The van der Waals surface area contributed by atoms with E-state index in [1.54, 1.807) is 24.3 Å². The van der Waals surface area contributed by atoms with Gasteiger partial charge in [-0.15, -0.1) is 0 Å². The van der Waals surface area contributed by atoms with Crippen molar-refractivity contribution in [3.05, 3.63) is 35.4 Å². The Kier molecular flexibility index (Phi) is 6.50. The average molecular weight is 379 g/mol. The summed E-state index contributed by atoms with van der Waals surface area (Å²) in [6.45, 7) is 0. The molecule has 110 valence electrons. The summed E-state index contributed by atoms with van der Waals surface area (Å²) >= 11 is 17.2. The molecule has 0 saturated carbocycles. The first-order valence-electron chi connectivity index (χ1n) is 4.74. The van der Waals surface area contributed by atoms with Crippen LogP contribution in [0.1, 0.15) is 20.7 Å². The summed E-state index contributed by atoms with van der Waals surface area (Å²) in [6, 6.07) is 6.48. The van der Waals surface area contributed by atoms with Crippen molar-refractivity contribution in [2.75, 3.05) is 0 Å². The van der Waals surface area contributed by atoms with Crippen LogP contribution in [0.25, 0.3) is 0 Å². The van der Waals surface area contributed by atoms with E-state index in [0.717, 1.165) is 4.31 Å². The van der Waals surface area contributed by atoms with Gasteiger partial charge >= 0.3 is 8.60 Å². The predicted octanol–water partition coefficient (Wildman–Crippen LogP) is 2.45. The Morgan fingerprint density at radius 2 is 1.35 bits per heavy atom. The molecule has 0 radical (unpaired) electrons. The molecular weight excluding hydrogens is 372 g/mol. The fourth-order valence-electron chi connectivity index (χ4n) is 1.35. The second-order valence-electron chi connectivity index (χ2n) is 3.26. The van der Waals surface area contributed by atoms with Gasteiger partial charge in [0.25, 0.3) is 14.9 Å². The molecule has 2 amide bonds. The molecule has 0 unspecified atom stereocenters. The molecule has 11 heteroatoms. The van der Waals surface area contributed by atoms with E-state index >= 15 is 0 Å². The monoisotopic (exact) mass is 377 g/mol. The van der Waals surface area contributed by atoms with Gasteiger partial charge in [0.15, 0.2) is 0 Å². The third kappa shape index (κ3) is 5.02. The number of carbonyl (C=O) groups excluding carboxylic acids is 2. The molecule has 20 heavy (non-hydrogen) atoms. The lowest BCUT2D eigenvalue weighted by atomic mass is 10.1. The summed E-state index contributed by atoms with van der Waals surface area (Å²) in [5.41, 5.74) is 0.656. The highest BCUT2D eigenvalue weighted by atomic mass is 35.6. The summed E-state index contributed by atoms with van der Waals surface area (Å²) in [6.07, 6.45) is 0. The van der Waals surface area contributed by atoms with Crippen LogP contribution >= 0.6 is 55.4 Å². The fourth-order valence-corrected chi connectivity index (χ4v) is 2.54. The van der Waals surface area contributed by atoms with Crippen molar-refractivity contribution >= 4 is 67.2 Å². The van der Waals surface area contributed by atoms with Crippen molar-refractivity contribution in [3.63, 3.8) is 0 Å². The number of alkyl halides is 3.